The number of benzene rings is 1. The minimum atomic E-state index is 0.134. The predicted molar refractivity (Wildman–Crippen MR) is 83.6 cm³/mol. The quantitative estimate of drug-likeness (QED) is 0.824. The van der Waals surface area contributed by atoms with E-state index in [1.54, 1.807) is 18.4 Å². The van der Waals surface area contributed by atoms with Crippen LogP contribution in [0.1, 0.15) is 17.2 Å². The maximum Gasteiger partial charge on any atom is 0.119 e. The van der Waals surface area contributed by atoms with Gasteiger partial charge in [-0.2, -0.15) is 11.3 Å². The lowest BCUT2D eigenvalue weighted by molar-refractivity contribution is 0.413. The molecule has 96 valence electrons. The van der Waals surface area contributed by atoms with E-state index in [9.17, 15) is 0 Å². The summed E-state index contributed by atoms with van der Waals surface area (Å²) in [7, 11) is 3.64. The van der Waals surface area contributed by atoms with E-state index in [2.05, 4.69) is 54.0 Å². The van der Waals surface area contributed by atoms with E-state index in [0.29, 0.717) is 0 Å². The number of halogens is 2. The van der Waals surface area contributed by atoms with Gasteiger partial charge in [-0.1, -0.05) is 15.9 Å². The van der Waals surface area contributed by atoms with Crippen molar-refractivity contribution in [2.24, 2.45) is 0 Å². The van der Waals surface area contributed by atoms with Crippen LogP contribution in [0.4, 0.5) is 0 Å². The Morgan fingerprint density at radius 2 is 1.94 bits per heavy atom. The SMILES string of the molecule is CNC(c1cscc1Br)c1cc(OC)ccc1Br. The molecular formula is C13H13Br2NOS. The summed E-state index contributed by atoms with van der Waals surface area (Å²) in [6.07, 6.45) is 0. The summed E-state index contributed by atoms with van der Waals surface area (Å²) >= 11 is 8.88. The third-order valence-corrected chi connectivity index (χ3v) is 5.23. The number of hydrogen-bond donors (Lipinski definition) is 1. The number of rotatable bonds is 4. The Hall–Kier alpha value is -0.360. The summed E-state index contributed by atoms with van der Waals surface area (Å²) < 4.78 is 7.49. The van der Waals surface area contributed by atoms with Gasteiger partial charge in [0.05, 0.1) is 13.2 Å². The lowest BCUT2D eigenvalue weighted by Gasteiger charge is -2.19. The van der Waals surface area contributed by atoms with Crippen molar-refractivity contribution in [2.75, 3.05) is 14.2 Å². The van der Waals surface area contributed by atoms with Gasteiger partial charge in [-0.05, 0) is 57.7 Å². The van der Waals surface area contributed by atoms with Crippen molar-refractivity contribution < 1.29 is 4.74 Å². The molecule has 0 aliphatic rings. The van der Waals surface area contributed by atoms with Crippen molar-refractivity contribution >= 4 is 43.2 Å². The lowest BCUT2D eigenvalue weighted by atomic mass is 10.0. The van der Waals surface area contributed by atoms with E-state index in [-0.39, 0.29) is 6.04 Å². The van der Waals surface area contributed by atoms with Crippen LogP contribution in [0.3, 0.4) is 0 Å². The highest BCUT2D eigenvalue weighted by Gasteiger charge is 2.18. The second kappa shape index (κ2) is 6.19. The standard InChI is InChI=1S/C13H13Br2NOS/c1-16-13(10-6-18-7-12(10)15)9-5-8(17-2)3-4-11(9)14/h3-7,13,16H,1-2H3. The first-order valence-corrected chi connectivity index (χ1v) is 7.92. The normalized spacial score (nSPS) is 12.4. The van der Waals surface area contributed by atoms with Crippen LogP contribution in [0.2, 0.25) is 0 Å². The molecule has 0 bridgehead atoms. The fourth-order valence-electron chi connectivity index (χ4n) is 1.85. The van der Waals surface area contributed by atoms with Crippen LogP contribution >= 0.6 is 43.2 Å². The van der Waals surface area contributed by atoms with Crippen LogP contribution in [0.25, 0.3) is 0 Å². The fraction of sp³-hybridized carbons (Fsp3) is 0.231. The molecule has 0 radical (unpaired) electrons. The third kappa shape index (κ3) is 2.79. The zero-order valence-electron chi connectivity index (χ0n) is 10.0. The largest absolute Gasteiger partial charge is 0.497 e. The van der Waals surface area contributed by atoms with Crippen LogP contribution < -0.4 is 10.1 Å². The molecule has 1 aromatic carbocycles. The Labute approximate surface area is 128 Å². The van der Waals surface area contributed by atoms with E-state index < -0.39 is 0 Å². The van der Waals surface area contributed by atoms with Gasteiger partial charge in [0.15, 0.2) is 0 Å². The van der Waals surface area contributed by atoms with Crippen molar-refractivity contribution in [3.8, 4) is 5.75 Å². The number of thiophene rings is 1. The molecule has 18 heavy (non-hydrogen) atoms. The van der Waals surface area contributed by atoms with Gasteiger partial charge >= 0.3 is 0 Å². The highest BCUT2D eigenvalue weighted by Crippen LogP contribution is 2.36. The lowest BCUT2D eigenvalue weighted by Crippen LogP contribution is -2.18. The topological polar surface area (TPSA) is 21.3 Å². The second-order valence-electron chi connectivity index (χ2n) is 3.78. The third-order valence-electron chi connectivity index (χ3n) is 2.76. The van der Waals surface area contributed by atoms with E-state index in [4.69, 9.17) is 4.74 Å². The van der Waals surface area contributed by atoms with Crippen LogP contribution in [-0.4, -0.2) is 14.2 Å². The molecule has 5 heteroatoms. The first-order valence-electron chi connectivity index (χ1n) is 5.39. The molecule has 0 aliphatic heterocycles. The summed E-state index contributed by atoms with van der Waals surface area (Å²) in [4.78, 5) is 0. The van der Waals surface area contributed by atoms with Crippen molar-refractivity contribution in [1.82, 2.24) is 5.32 Å². The van der Waals surface area contributed by atoms with Gasteiger partial charge in [-0.3, -0.25) is 0 Å². The molecule has 1 atom stereocenters. The first kappa shape index (κ1) is 14.1. The van der Waals surface area contributed by atoms with Gasteiger partial charge in [0.25, 0.3) is 0 Å². The predicted octanol–water partition coefficient (Wildman–Crippen LogP) is 4.59. The van der Waals surface area contributed by atoms with Crippen molar-refractivity contribution in [3.63, 3.8) is 0 Å². The highest BCUT2D eigenvalue weighted by molar-refractivity contribution is 9.10. The van der Waals surface area contributed by atoms with Gasteiger partial charge < -0.3 is 10.1 Å². The molecule has 0 spiro atoms. The average Bonchev–Trinajstić information content (AvgIpc) is 2.79. The van der Waals surface area contributed by atoms with Crippen molar-refractivity contribution in [3.05, 3.63) is 49.0 Å². The van der Waals surface area contributed by atoms with Crippen LogP contribution in [0.5, 0.6) is 5.75 Å². The molecule has 2 rings (SSSR count). The monoisotopic (exact) mass is 389 g/mol. The van der Waals surface area contributed by atoms with E-state index in [1.165, 1.54) is 5.56 Å². The number of methoxy groups -OCH3 is 1. The molecule has 1 N–H and O–H groups in total. The molecule has 2 nitrogen and oxygen atoms in total. The summed E-state index contributed by atoms with van der Waals surface area (Å²) in [5.41, 5.74) is 2.40. The van der Waals surface area contributed by atoms with Crippen LogP contribution in [0, 0.1) is 0 Å². The molecule has 2 aromatic rings. The molecule has 1 aromatic heterocycles. The van der Waals surface area contributed by atoms with Crippen LogP contribution in [0.15, 0.2) is 37.9 Å². The second-order valence-corrected chi connectivity index (χ2v) is 6.24. The molecule has 0 aliphatic carbocycles. The van der Waals surface area contributed by atoms with E-state index >= 15 is 0 Å². The fourth-order valence-corrected chi connectivity index (χ4v) is 3.87. The minimum absolute atomic E-state index is 0.134. The van der Waals surface area contributed by atoms with Gasteiger partial charge in [-0.25, -0.2) is 0 Å². The first-order chi connectivity index (χ1) is 8.67. The maximum atomic E-state index is 5.29. The minimum Gasteiger partial charge on any atom is -0.497 e. The van der Waals surface area contributed by atoms with Crippen molar-refractivity contribution in [1.29, 1.82) is 0 Å². The zero-order chi connectivity index (χ0) is 13.1. The summed E-state index contributed by atoms with van der Waals surface area (Å²) in [5.74, 6) is 0.861. The molecule has 0 fully saturated rings. The van der Waals surface area contributed by atoms with Gasteiger partial charge in [0, 0.05) is 14.3 Å². The van der Waals surface area contributed by atoms with Crippen molar-refractivity contribution in [2.45, 2.75) is 6.04 Å². The molecule has 0 saturated heterocycles. The molecule has 0 saturated carbocycles. The van der Waals surface area contributed by atoms with Crippen LogP contribution in [-0.2, 0) is 0 Å². The Kier molecular flexibility index (Phi) is 4.84. The summed E-state index contributed by atoms with van der Waals surface area (Å²) in [6.45, 7) is 0. The smallest absolute Gasteiger partial charge is 0.119 e. The molecular weight excluding hydrogens is 378 g/mol. The maximum absolute atomic E-state index is 5.29. The van der Waals surface area contributed by atoms with Gasteiger partial charge in [0.2, 0.25) is 0 Å². The molecule has 0 amide bonds. The zero-order valence-corrected chi connectivity index (χ0v) is 14.0. The average molecular weight is 391 g/mol. The Morgan fingerprint density at radius 3 is 2.50 bits per heavy atom. The Morgan fingerprint density at radius 1 is 1.17 bits per heavy atom. The Bertz CT molecular complexity index is 542. The molecule has 1 unspecified atom stereocenters. The van der Waals surface area contributed by atoms with Gasteiger partial charge in [0.1, 0.15) is 5.75 Å². The number of ether oxygens (including phenoxy) is 1. The van der Waals surface area contributed by atoms with Gasteiger partial charge in [-0.15, -0.1) is 0 Å². The Balaban J connectivity index is 2.48. The number of hydrogen-bond acceptors (Lipinski definition) is 3. The summed E-state index contributed by atoms with van der Waals surface area (Å²) in [6, 6.07) is 6.15. The van der Waals surface area contributed by atoms with E-state index in [1.807, 2.05) is 19.2 Å². The highest BCUT2D eigenvalue weighted by atomic mass is 79.9. The number of nitrogens with one attached hydrogen (secondary N) is 1. The summed E-state index contributed by atoms with van der Waals surface area (Å²) in [5, 5.41) is 7.59. The van der Waals surface area contributed by atoms with E-state index in [0.717, 1.165) is 20.3 Å². The molecule has 1 heterocycles.